The molecule has 0 bridgehead atoms. The first kappa shape index (κ1) is 18.3. The van der Waals surface area contributed by atoms with Gasteiger partial charge in [0, 0.05) is 5.88 Å². The normalized spacial score (nSPS) is 12.5. The Labute approximate surface area is 149 Å². The molecule has 1 N–H and O–H groups in total. The highest BCUT2D eigenvalue weighted by Gasteiger charge is 2.20. The van der Waals surface area contributed by atoms with Gasteiger partial charge in [0.2, 0.25) is 0 Å². The van der Waals surface area contributed by atoms with Gasteiger partial charge in [0.25, 0.3) is 0 Å². The lowest BCUT2D eigenvalue weighted by Crippen LogP contribution is -2.35. The summed E-state index contributed by atoms with van der Waals surface area (Å²) < 4.78 is 5.34. The second-order valence-corrected chi connectivity index (χ2v) is 7.04. The highest BCUT2D eigenvalue weighted by molar-refractivity contribution is 6.17. The van der Waals surface area contributed by atoms with Crippen LogP contribution >= 0.6 is 11.6 Å². The van der Waals surface area contributed by atoms with Crippen molar-refractivity contribution in [3.8, 4) is 11.1 Å². The van der Waals surface area contributed by atoms with E-state index in [4.69, 9.17) is 16.3 Å². The van der Waals surface area contributed by atoms with Gasteiger partial charge in [-0.25, -0.2) is 4.79 Å². The zero-order valence-electron chi connectivity index (χ0n) is 14.4. The molecule has 0 aliphatic carbocycles. The Hall–Kier alpha value is -2.00. The van der Waals surface area contributed by atoms with Crippen LogP contribution in [0.2, 0.25) is 0 Å². The van der Waals surface area contributed by atoms with E-state index in [0.717, 1.165) is 16.7 Å². The van der Waals surface area contributed by atoms with Crippen LogP contribution in [-0.4, -0.2) is 17.6 Å². The summed E-state index contributed by atoms with van der Waals surface area (Å²) in [6, 6.07) is 18.2. The average Bonchev–Trinajstić information content (AvgIpc) is 2.54. The summed E-state index contributed by atoms with van der Waals surface area (Å²) in [7, 11) is 0. The number of halogens is 1. The number of hydrogen-bond acceptors (Lipinski definition) is 2. The number of rotatable bonds is 5. The minimum absolute atomic E-state index is 0.165. The summed E-state index contributed by atoms with van der Waals surface area (Å²) in [4.78, 5) is 12.0. The highest BCUT2D eigenvalue weighted by atomic mass is 35.5. The van der Waals surface area contributed by atoms with Crippen LogP contribution in [0.25, 0.3) is 11.1 Å². The van der Waals surface area contributed by atoms with E-state index in [0.29, 0.717) is 12.3 Å². The molecule has 0 aromatic heterocycles. The van der Waals surface area contributed by atoms with Crippen molar-refractivity contribution in [3.05, 3.63) is 60.2 Å². The maximum absolute atomic E-state index is 12.0. The number of amides is 1. The zero-order chi connectivity index (χ0) is 17.6. The summed E-state index contributed by atoms with van der Waals surface area (Å²) in [5, 5.41) is 2.90. The summed E-state index contributed by atoms with van der Waals surface area (Å²) >= 11 is 5.90. The van der Waals surface area contributed by atoms with Gasteiger partial charge in [-0.15, -0.1) is 11.6 Å². The Kier molecular flexibility index (Phi) is 6.27. The predicted molar refractivity (Wildman–Crippen MR) is 99.3 cm³/mol. The molecule has 128 valence electrons. The smallest absolute Gasteiger partial charge is 0.408 e. The van der Waals surface area contributed by atoms with Crippen molar-refractivity contribution in [2.75, 3.05) is 5.88 Å². The van der Waals surface area contributed by atoms with Crippen molar-refractivity contribution < 1.29 is 9.53 Å². The first-order chi connectivity index (χ1) is 11.4. The van der Waals surface area contributed by atoms with E-state index in [9.17, 15) is 4.79 Å². The van der Waals surface area contributed by atoms with E-state index >= 15 is 0 Å². The molecule has 1 amide bonds. The summed E-state index contributed by atoms with van der Waals surface area (Å²) in [6.07, 6.45) is 0.218. The lowest BCUT2D eigenvalue weighted by atomic mass is 9.99. The predicted octanol–water partition coefficient (Wildman–Crippen LogP) is 5.55. The average molecular weight is 346 g/mol. The van der Waals surface area contributed by atoms with Crippen molar-refractivity contribution in [2.45, 2.75) is 38.8 Å². The topological polar surface area (TPSA) is 38.3 Å². The molecule has 0 heterocycles. The molecule has 24 heavy (non-hydrogen) atoms. The minimum atomic E-state index is -0.521. The molecule has 0 aliphatic rings. The van der Waals surface area contributed by atoms with Crippen molar-refractivity contribution in [1.29, 1.82) is 0 Å². The van der Waals surface area contributed by atoms with Gasteiger partial charge in [-0.05, 0) is 43.9 Å². The molecular weight excluding hydrogens is 322 g/mol. The molecule has 2 rings (SSSR count). The van der Waals surface area contributed by atoms with E-state index in [1.54, 1.807) is 0 Å². The summed E-state index contributed by atoms with van der Waals surface area (Å²) in [6.45, 7) is 5.54. The van der Waals surface area contributed by atoms with E-state index in [1.807, 2.05) is 51.1 Å². The lowest BCUT2D eigenvalue weighted by molar-refractivity contribution is 0.0502. The third kappa shape index (κ3) is 5.57. The Morgan fingerprint density at radius 2 is 1.62 bits per heavy atom. The van der Waals surface area contributed by atoms with Gasteiger partial charge < -0.3 is 10.1 Å². The van der Waals surface area contributed by atoms with Crippen LogP contribution in [0.5, 0.6) is 0 Å². The maximum Gasteiger partial charge on any atom is 0.408 e. The van der Waals surface area contributed by atoms with E-state index in [-0.39, 0.29) is 6.04 Å². The van der Waals surface area contributed by atoms with Gasteiger partial charge in [-0.3, -0.25) is 0 Å². The number of ether oxygens (including phenoxy) is 1. The Morgan fingerprint density at radius 1 is 1.04 bits per heavy atom. The first-order valence-electron chi connectivity index (χ1n) is 8.10. The number of carbonyl (C=O) groups is 1. The number of alkyl halides is 1. The number of benzene rings is 2. The SMILES string of the molecule is CC(C)(C)OC(=O)NC(CCCl)c1ccc(-c2ccccc2)cc1. The molecule has 2 aromatic carbocycles. The fourth-order valence-corrected chi connectivity index (χ4v) is 2.64. The van der Waals surface area contributed by atoms with Crippen molar-refractivity contribution in [1.82, 2.24) is 5.32 Å². The van der Waals surface area contributed by atoms with Gasteiger partial charge in [0.05, 0.1) is 6.04 Å². The molecule has 0 saturated carbocycles. The van der Waals surface area contributed by atoms with Crippen LogP contribution in [0, 0.1) is 0 Å². The quantitative estimate of drug-likeness (QED) is 0.721. The van der Waals surface area contributed by atoms with Crippen LogP contribution in [0.3, 0.4) is 0 Å². The van der Waals surface area contributed by atoms with Gasteiger partial charge in [-0.2, -0.15) is 0 Å². The summed E-state index contributed by atoms with van der Waals surface area (Å²) in [5.74, 6) is 0.459. The molecule has 0 spiro atoms. The maximum atomic E-state index is 12.0. The molecule has 0 saturated heterocycles. The Bertz CT molecular complexity index is 648. The highest BCUT2D eigenvalue weighted by Crippen LogP contribution is 2.24. The van der Waals surface area contributed by atoms with Crippen LogP contribution < -0.4 is 5.32 Å². The molecule has 1 unspecified atom stereocenters. The van der Waals surface area contributed by atoms with Crippen molar-refractivity contribution >= 4 is 17.7 Å². The zero-order valence-corrected chi connectivity index (χ0v) is 15.1. The van der Waals surface area contributed by atoms with Gasteiger partial charge in [-0.1, -0.05) is 54.6 Å². The molecule has 0 radical (unpaired) electrons. The fourth-order valence-electron chi connectivity index (χ4n) is 2.42. The lowest BCUT2D eigenvalue weighted by Gasteiger charge is -2.23. The monoisotopic (exact) mass is 345 g/mol. The molecule has 0 fully saturated rings. The van der Waals surface area contributed by atoms with Gasteiger partial charge in [0.15, 0.2) is 0 Å². The molecule has 4 heteroatoms. The number of nitrogens with one attached hydrogen (secondary N) is 1. The molecular formula is C20H24ClNO2. The Morgan fingerprint density at radius 3 is 2.17 bits per heavy atom. The molecule has 3 nitrogen and oxygen atoms in total. The minimum Gasteiger partial charge on any atom is -0.444 e. The van der Waals surface area contributed by atoms with E-state index in [1.165, 1.54) is 0 Å². The van der Waals surface area contributed by atoms with Crippen LogP contribution in [0.1, 0.15) is 38.8 Å². The third-order valence-electron chi connectivity index (χ3n) is 3.51. The first-order valence-corrected chi connectivity index (χ1v) is 8.63. The third-order valence-corrected chi connectivity index (χ3v) is 3.73. The largest absolute Gasteiger partial charge is 0.444 e. The number of alkyl carbamates (subject to hydrolysis) is 1. The molecule has 2 aromatic rings. The van der Waals surface area contributed by atoms with Crippen LogP contribution in [0.15, 0.2) is 54.6 Å². The molecule has 1 atom stereocenters. The number of carbonyl (C=O) groups excluding carboxylic acids is 1. The second-order valence-electron chi connectivity index (χ2n) is 6.66. The van der Waals surface area contributed by atoms with Crippen molar-refractivity contribution in [3.63, 3.8) is 0 Å². The summed E-state index contributed by atoms with van der Waals surface area (Å²) in [5.41, 5.74) is 2.80. The standard InChI is InChI=1S/C20H24ClNO2/c1-20(2,3)24-19(23)22-18(13-14-21)17-11-9-16(10-12-17)15-7-5-4-6-8-15/h4-12,18H,13-14H2,1-3H3,(H,22,23). The van der Waals surface area contributed by atoms with Crippen LogP contribution in [-0.2, 0) is 4.74 Å². The van der Waals surface area contributed by atoms with E-state index in [2.05, 4.69) is 29.6 Å². The van der Waals surface area contributed by atoms with Crippen molar-refractivity contribution in [2.24, 2.45) is 0 Å². The van der Waals surface area contributed by atoms with Gasteiger partial charge in [0.1, 0.15) is 5.60 Å². The number of hydrogen-bond donors (Lipinski definition) is 1. The van der Waals surface area contributed by atoms with Crippen LogP contribution in [0.4, 0.5) is 4.79 Å². The Balaban J connectivity index is 2.12. The van der Waals surface area contributed by atoms with E-state index < -0.39 is 11.7 Å². The van der Waals surface area contributed by atoms with Gasteiger partial charge >= 0.3 is 6.09 Å². The molecule has 0 aliphatic heterocycles. The second kappa shape index (κ2) is 8.20. The fraction of sp³-hybridized carbons (Fsp3) is 0.350.